The van der Waals surface area contributed by atoms with Gasteiger partial charge in [-0.2, -0.15) is 5.10 Å². The predicted octanol–water partition coefficient (Wildman–Crippen LogP) is 6.07. The highest BCUT2D eigenvalue weighted by Gasteiger charge is 2.29. The van der Waals surface area contributed by atoms with E-state index in [9.17, 15) is 4.79 Å². The Morgan fingerprint density at radius 3 is 2.54 bits per heavy atom. The Bertz CT molecular complexity index is 1240. The van der Waals surface area contributed by atoms with Gasteiger partial charge in [-0.05, 0) is 99.4 Å². The number of amides is 1. The number of methoxy groups -OCH3 is 1. The molecule has 5 rings (SSSR count). The van der Waals surface area contributed by atoms with E-state index in [1.807, 2.05) is 4.90 Å². The van der Waals surface area contributed by atoms with Crippen molar-refractivity contribution in [3.63, 3.8) is 0 Å². The summed E-state index contributed by atoms with van der Waals surface area (Å²) in [6, 6.07) is 8.72. The molecule has 1 aliphatic heterocycles. The topological polar surface area (TPSA) is 58.9 Å². The Morgan fingerprint density at radius 1 is 1.17 bits per heavy atom. The molecule has 1 amide bonds. The van der Waals surface area contributed by atoms with Crippen LogP contribution in [0, 0.1) is 19.8 Å². The number of nitrogens with zero attached hydrogens (tertiary/aromatic N) is 3. The summed E-state index contributed by atoms with van der Waals surface area (Å²) in [5.41, 5.74) is 8.18. The number of thioether (sulfide) groups is 1. The smallest absolute Gasteiger partial charge is 0.221 e. The molecule has 1 saturated heterocycles. The van der Waals surface area contributed by atoms with Gasteiger partial charge in [0.2, 0.25) is 5.91 Å². The molecule has 2 aromatic heterocycles. The van der Waals surface area contributed by atoms with Gasteiger partial charge < -0.3 is 15.0 Å². The zero-order valence-electron chi connectivity index (χ0n) is 21.5. The summed E-state index contributed by atoms with van der Waals surface area (Å²) >= 11 is 1.66. The van der Waals surface area contributed by atoms with Crippen LogP contribution in [-0.4, -0.2) is 46.5 Å². The molecule has 7 heteroatoms. The lowest BCUT2D eigenvalue weighted by atomic mass is 9.97. The third-order valence-corrected chi connectivity index (χ3v) is 8.12. The molecule has 186 valence electrons. The highest BCUT2D eigenvalue weighted by atomic mass is 32.2. The number of hydrogen-bond acceptors (Lipinski definition) is 5. The van der Waals surface area contributed by atoms with E-state index in [-0.39, 0.29) is 12.1 Å². The molecule has 1 N–H and O–H groups in total. The van der Waals surface area contributed by atoms with Crippen molar-refractivity contribution >= 4 is 28.9 Å². The van der Waals surface area contributed by atoms with Crippen molar-refractivity contribution in [1.82, 2.24) is 14.5 Å². The number of hydrogen-bond donors (Lipinski definition) is 1. The molecule has 1 unspecified atom stereocenters. The second-order valence-corrected chi connectivity index (χ2v) is 10.8. The fraction of sp³-hybridized carbons (Fsp3) is 0.500. The molecule has 0 spiro atoms. The third kappa shape index (κ3) is 4.63. The first-order valence-corrected chi connectivity index (χ1v) is 13.9. The molecule has 2 aliphatic rings. The van der Waals surface area contributed by atoms with E-state index in [1.54, 1.807) is 25.8 Å². The molecular weight excluding hydrogens is 456 g/mol. The summed E-state index contributed by atoms with van der Waals surface area (Å²) in [6.07, 6.45) is 8.91. The maximum Gasteiger partial charge on any atom is 0.221 e. The van der Waals surface area contributed by atoms with E-state index in [0.717, 1.165) is 65.8 Å². The molecule has 1 aromatic carbocycles. The molecule has 35 heavy (non-hydrogen) atoms. The van der Waals surface area contributed by atoms with E-state index < -0.39 is 0 Å². The molecule has 2 fully saturated rings. The van der Waals surface area contributed by atoms with Gasteiger partial charge in [0.1, 0.15) is 16.9 Å². The second-order valence-electron chi connectivity index (χ2n) is 10.0. The van der Waals surface area contributed by atoms with Crippen LogP contribution >= 0.6 is 11.8 Å². The van der Waals surface area contributed by atoms with Gasteiger partial charge in [-0.1, -0.05) is 6.07 Å². The molecule has 0 radical (unpaired) electrons. The van der Waals surface area contributed by atoms with Crippen LogP contribution in [0.25, 0.3) is 16.8 Å². The fourth-order valence-corrected chi connectivity index (χ4v) is 6.05. The van der Waals surface area contributed by atoms with Crippen LogP contribution < -0.4 is 10.1 Å². The van der Waals surface area contributed by atoms with Crippen molar-refractivity contribution in [2.45, 2.75) is 70.5 Å². The zero-order valence-corrected chi connectivity index (χ0v) is 22.3. The second kappa shape index (κ2) is 9.76. The number of aryl methyl sites for hydroxylation is 2. The number of piperidine rings is 1. The highest BCUT2D eigenvalue weighted by Crippen LogP contribution is 2.41. The van der Waals surface area contributed by atoms with Gasteiger partial charge in [-0.3, -0.25) is 4.79 Å². The number of pyridine rings is 1. The third-order valence-electron chi connectivity index (χ3n) is 7.44. The van der Waals surface area contributed by atoms with E-state index in [0.29, 0.717) is 0 Å². The van der Waals surface area contributed by atoms with Crippen LogP contribution in [0.15, 0.2) is 29.3 Å². The van der Waals surface area contributed by atoms with Crippen LogP contribution in [0.5, 0.6) is 5.75 Å². The Balaban J connectivity index is 1.68. The van der Waals surface area contributed by atoms with Crippen LogP contribution in [0.2, 0.25) is 0 Å². The maximum absolute atomic E-state index is 12.4. The molecule has 1 saturated carbocycles. The lowest BCUT2D eigenvalue weighted by Crippen LogP contribution is -2.46. The summed E-state index contributed by atoms with van der Waals surface area (Å²) < 4.78 is 7.66. The van der Waals surface area contributed by atoms with Gasteiger partial charge in [0.25, 0.3) is 0 Å². The summed E-state index contributed by atoms with van der Waals surface area (Å²) in [7, 11) is 1.71. The molecule has 0 bridgehead atoms. The van der Waals surface area contributed by atoms with E-state index in [1.165, 1.54) is 35.1 Å². The SMILES string of the molecule is COc1cc(C)c(-c2ccc(CC3CC3)c3c(NC4CCCCN4C(C)=O)c(SC)nn23)c(C)c1. The first kappa shape index (κ1) is 24.0. The number of ether oxygens (including phenoxy) is 1. The first-order chi connectivity index (χ1) is 16.9. The van der Waals surface area contributed by atoms with Crippen LogP contribution in [0.4, 0.5) is 5.69 Å². The van der Waals surface area contributed by atoms with Gasteiger partial charge in [0.05, 0.1) is 24.0 Å². The normalized spacial score (nSPS) is 18.2. The highest BCUT2D eigenvalue weighted by molar-refractivity contribution is 7.98. The maximum atomic E-state index is 12.4. The number of likely N-dealkylation sites (tertiary alicyclic amines) is 1. The summed E-state index contributed by atoms with van der Waals surface area (Å²) in [4.78, 5) is 14.4. The Hall–Kier alpha value is -2.67. The fourth-order valence-electron chi connectivity index (χ4n) is 5.53. The number of nitrogens with one attached hydrogen (secondary N) is 1. The van der Waals surface area contributed by atoms with E-state index in [2.05, 4.69) is 54.2 Å². The zero-order chi connectivity index (χ0) is 24.7. The van der Waals surface area contributed by atoms with Crippen LogP contribution in [0.3, 0.4) is 0 Å². The number of carbonyl (C=O) groups is 1. The lowest BCUT2D eigenvalue weighted by molar-refractivity contribution is -0.131. The Morgan fingerprint density at radius 2 is 1.91 bits per heavy atom. The molecular formula is C28H36N4O2S. The Labute approximate surface area is 212 Å². The molecule has 1 aliphatic carbocycles. The summed E-state index contributed by atoms with van der Waals surface area (Å²) in [6.45, 7) is 6.77. The average Bonchev–Trinajstić information content (AvgIpc) is 3.58. The standard InChI is InChI=1S/C28H36N4O2S/c1-17-14-22(34-4)15-18(2)25(17)23-12-11-21(16-20-9-10-20)27-26(28(35-5)30-32(23)27)29-24-8-6-7-13-31(24)19(3)33/h11-12,14-15,20,24,29H,6-10,13,16H2,1-5H3. The molecule has 3 aromatic rings. The van der Waals surface area contributed by atoms with Crippen LogP contribution in [0.1, 0.15) is 55.7 Å². The van der Waals surface area contributed by atoms with Crippen molar-refractivity contribution in [2.75, 3.05) is 25.2 Å². The van der Waals surface area contributed by atoms with Gasteiger partial charge in [0.15, 0.2) is 0 Å². The summed E-state index contributed by atoms with van der Waals surface area (Å²) in [5, 5.41) is 9.91. The average molecular weight is 493 g/mol. The van der Waals surface area contributed by atoms with Gasteiger partial charge in [-0.25, -0.2) is 4.52 Å². The quantitative estimate of drug-likeness (QED) is 0.406. The number of benzene rings is 1. The van der Waals surface area contributed by atoms with E-state index >= 15 is 0 Å². The number of rotatable bonds is 7. The largest absolute Gasteiger partial charge is 0.497 e. The minimum absolute atomic E-state index is 0.00189. The minimum atomic E-state index is 0.00189. The monoisotopic (exact) mass is 492 g/mol. The summed E-state index contributed by atoms with van der Waals surface area (Å²) in [5.74, 6) is 1.77. The van der Waals surface area contributed by atoms with Crippen LogP contribution in [-0.2, 0) is 11.2 Å². The van der Waals surface area contributed by atoms with Crippen molar-refractivity contribution in [3.8, 4) is 17.0 Å². The van der Waals surface area contributed by atoms with E-state index in [4.69, 9.17) is 9.84 Å². The van der Waals surface area contributed by atoms with Crippen molar-refractivity contribution in [2.24, 2.45) is 5.92 Å². The number of carbonyl (C=O) groups excluding carboxylic acids is 1. The first-order valence-electron chi connectivity index (χ1n) is 12.7. The molecule has 1 atom stereocenters. The van der Waals surface area contributed by atoms with Crippen molar-refractivity contribution in [3.05, 3.63) is 41.0 Å². The van der Waals surface area contributed by atoms with Gasteiger partial charge in [-0.15, -0.1) is 11.8 Å². The number of fused-ring (bicyclic) bond motifs is 1. The minimum Gasteiger partial charge on any atom is -0.497 e. The molecule has 3 heterocycles. The van der Waals surface area contributed by atoms with Gasteiger partial charge >= 0.3 is 0 Å². The van der Waals surface area contributed by atoms with Gasteiger partial charge in [0, 0.05) is 19.0 Å². The molecule has 6 nitrogen and oxygen atoms in total. The number of anilines is 1. The van der Waals surface area contributed by atoms with Crippen molar-refractivity contribution < 1.29 is 9.53 Å². The predicted molar refractivity (Wildman–Crippen MR) is 144 cm³/mol. The number of aromatic nitrogens is 2. The van der Waals surface area contributed by atoms with Crippen molar-refractivity contribution in [1.29, 1.82) is 0 Å². The lowest BCUT2D eigenvalue weighted by Gasteiger charge is -2.36. The Kier molecular flexibility index (Phi) is 6.71.